The Morgan fingerprint density at radius 3 is 2.50 bits per heavy atom. The average Bonchev–Trinajstić information content (AvgIpc) is 2.62. The molecule has 3 rings (SSSR count). The van der Waals surface area contributed by atoms with E-state index in [2.05, 4.69) is 16.9 Å². The predicted octanol–water partition coefficient (Wildman–Crippen LogP) is 6.99. The van der Waals surface area contributed by atoms with Gasteiger partial charge >= 0.3 is 6.61 Å². The molecule has 0 unspecified atom stereocenters. The van der Waals surface area contributed by atoms with Crippen LogP contribution in [0.4, 0.5) is 13.2 Å². The van der Waals surface area contributed by atoms with Gasteiger partial charge in [-0.25, -0.2) is 4.39 Å². The molecule has 0 saturated heterocycles. The van der Waals surface area contributed by atoms with Crippen LogP contribution in [-0.4, -0.2) is 6.61 Å². The molecule has 0 aromatic heterocycles. The minimum absolute atomic E-state index is 0.0542. The van der Waals surface area contributed by atoms with Crippen molar-refractivity contribution in [1.29, 1.82) is 0 Å². The predicted molar refractivity (Wildman–Crippen MR) is 99.4 cm³/mol. The Bertz CT molecular complexity index is 790. The topological polar surface area (TPSA) is 9.23 Å². The summed E-state index contributed by atoms with van der Waals surface area (Å²) < 4.78 is 44.7. The number of benzene rings is 2. The molecule has 0 N–H and O–H groups in total. The first kappa shape index (κ1) is 18.8. The molecule has 2 aromatic rings. The number of hydrogen-bond acceptors (Lipinski definition) is 1. The summed E-state index contributed by atoms with van der Waals surface area (Å²) >= 11 is 0. The van der Waals surface area contributed by atoms with Crippen molar-refractivity contribution < 1.29 is 17.9 Å². The Hall–Kier alpha value is -1.97. The van der Waals surface area contributed by atoms with E-state index in [-0.39, 0.29) is 11.3 Å². The average molecular weight is 362 g/mol. The number of halogens is 3. The monoisotopic (exact) mass is 362 g/mol. The first-order valence-corrected chi connectivity index (χ1v) is 9.36. The standard InChI is InChI=1S/C22H25F3O/c1-3-5-14-6-8-15(9-7-14)16-10-11-19-17(12-16)13-20(26-22(24)25)18(4-2)21(19)23/h3,5,10-15,22H,4,6-9H2,1-2H3/b5-3+. The van der Waals surface area contributed by atoms with Crippen molar-refractivity contribution in [2.24, 2.45) is 5.92 Å². The Kier molecular flexibility index (Phi) is 5.90. The third kappa shape index (κ3) is 3.89. The highest BCUT2D eigenvalue weighted by Gasteiger charge is 2.22. The lowest BCUT2D eigenvalue weighted by Gasteiger charge is -2.27. The second kappa shape index (κ2) is 8.15. The summed E-state index contributed by atoms with van der Waals surface area (Å²) in [6.07, 6.45) is 9.17. The van der Waals surface area contributed by atoms with Crippen LogP contribution < -0.4 is 4.74 Å². The van der Waals surface area contributed by atoms with Gasteiger partial charge < -0.3 is 4.74 Å². The van der Waals surface area contributed by atoms with Gasteiger partial charge in [-0.1, -0.05) is 37.3 Å². The summed E-state index contributed by atoms with van der Waals surface area (Å²) in [6, 6.07) is 7.26. The molecule has 140 valence electrons. The Morgan fingerprint density at radius 1 is 1.15 bits per heavy atom. The number of fused-ring (bicyclic) bond motifs is 1. The fourth-order valence-electron chi connectivity index (χ4n) is 4.10. The van der Waals surface area contributed by atoms with Crippen molar-refractivity contribution in [3.05, 3.63) is 53.4 Å². The third-order valence-electron chi connectivity index (χ3n) is 5.44. The number of alkyl halides is 2. The Balaban J connectivity index is 1.93. The van der Waals surface area contributed by atoms with Crippen LogP contribution in [0.15, 0.2) is 36.4 Å². The first-order valence-electron chi connectivity index (χ1n) is 9.36. The lowest BCUT2D eigenvalue weighted by molar-refractivity contribution is -0.0504. The molecule has 0 amide bonds. The molecule has 1 saturated carbocycles. The third-order valence-corrected chi connectivity index (χ3v) is 5.44. The zero-order chi connectivity index (χ0) is 18.7. The molecule has 1 aliphatic rings. The van der Waals surface area contributed by atoms with Gasteiger partial charge in [-0.3, -0.25) is 0 Å². The molecule has 0 radical (unpaired) electrons. The van der Waals surface area contributed by atoms with Crippen LogP contribution in [-0.2, 0) is 6.42 Å². The molecule has 1 fully saturated rings. The van der Waals surface area contributed by atoms with Gasteiger partial charge in [0.15, 0.2) is 0 Å². The summed E-state index contributed by atoms with van der Waals surface area (Å²) in [5.74, 6) is 0.576. The second-order valence-corrected chi connectivity index (χ2v) is 7.02. The smallest absolute Gasteiger partial charge is 0.387 e. The van der Waals surface area contributed by atoms with Gasteiger partial charge in [-0.15, -0.1) is 0 Å². The van der Waals surface area contributed by atoms with Crippen molar-refractivity contribution in [1.82, 2.24) is 0 Å². The van der Waals surface area contributed by atoms with Gasteiger partial charge in [0.1, 0.15) is 11.6 Å². The molecule has 2 aromatic carbocycles. The highest BCUT2D eigenvalue weighted by molar-refractivity contribution is 5.86. The van der Waals surface area contributed by atoms with Gasteiger partial charge in [0.2, 0.25) is 0 Å². The van der Waals surface area contributed by atoms with Crippen LogP contribution >= 0.6 is 0 Å². The molecule has 4 heteroatoms. The van der Waals surface area contributed by atoms with E-state index in [0.717, 1.165) is 31.2 Å². The minimum Gasteiger partial charge on any atom is -0.434 e. The fourth-order valence-corrected chi connectivity index (χ4v) is 4.10. The van der Waals surface area contributed by atoms with Gasteiger partial charge in [0, 0.05) is 10.9 Å². The van der Waals surface area contributed by atoms with Gasteiger partial charge in [0.25, 0.3) is 0 Å². The van der Waals surface area contributed by atoms with E-state index in [4.69, 9.17) is 0 Å². The minimum atomic E-state index is -2.96. The Labute approximate surface area is 152 Å². The summed E-state index contributed by atoms with van der Waals surface area (Å²) in [5, 5.41) is 1.10. The maximum Gasteiger partial charge on any atom is 0.387 e. The SMILES string of the molecule is C/C=C/C1CCC(c2ccc3c(F)c(CC)c(OC(F)F)cc3c2)CC1. The maximum atomic E-state index is 14.8. The number of hydrogen-bond donors (Lipinski definition) is 0. The van der Waals surface area contributed by atoms with Crippen LogP contribution in [0.25, 0.3) is 10.8 Å². The number of allylic oxidation sites excluding steroid dienone is 2. The van der Waals surface area contributed by atoms with E-state index >= 15 is 0 Å². The lowest BCUT2D eigenvalue weighted by atomic mass is 9.78. The Morgan fingerprint density at radius 2 is 1.88 bits per heavy atom. The zero-order valence-electron chi connectivity index (χ0n) is 15.3. The molecular formula is C22H25F3O. The largest absolute Gasteiger partial charge is 0.434 e. The molecule has 1 nitrogen and oxygen atoms in total. The molecular weight excluding hydrogens is 337 g/mol. The molecule has 0 heterocycles. The molecule has 1 aliphatic carbocycles. The lowest BCUT2D eigenvalue weighted by Crippen LogP contribution is -2.11. The normalized spacial score (nSPS) is 21.0. The van der Waals surface area contributed by atoms with E-state index < -0.39 is 12.4 Å². The second-order valence-electron chi connectivity index (χ2n) is 7.02. The van der Waals surface area contributed by atoms with Gasteiger partial charge in [-0.05, 0) is 67.9 Å². The van der Waals surface area contributed by atoms with Gasteiger partial charge in [0.05, 0.1) is 0 Å². The van der Waals surface area contributed by atoms with Crippen LogP contribution in [0.5, 0.6) is 5.75 Å². The molecule has 0 atom stereocenters. The number of ether oxygens (including phenoxy) is 1. The van der Waals surface area contributed by atoms with Crippen molar-refractivity contribution >= 4 is 10.8 Å². The molecule has 26 heavy (non-hydrogen) atoms. The van der Waals surface area contributed by atoms with Crippen molar-refractivity contribution in [2.75, 3.05) is 0 Å². The maximum absolute atomic E-state index is 14.8. The van der Waals surface area contributed by atoms with Gasteiger partial charge in [-0.2, -0.15) is 8.78 Å². The summed E-state index contributed by atoms with van der Waals surface area (Å²) in [4.78, 5) is 0. The zero-order valence-corrected chi connectivity index (χ0v) is 15.3. The van der Waals surface area contributed by atoms with E-state index in [0.29, 0.717) is 29.0 Å². The molecule has 0 bridgehead atoms. The van der Waals surface area contributed by atoms with Crippen LogP contribution in [0.2, 0.25) is 0 Å². The van der Waals surface area contributed by atoms with Crippen LogP contribution in [0.3, 0.4) is 0 Å². The van der Waals surface area contributed by atoms with Crippen LogP contribution in [0, 0.1) is 11.7 Å². The quantitative estimate of drug-likeness (QED) is 0.521. The van der Waals surface area contributed by atoms with E-state index in [9.17, 15) is 13.2 Å². The highest BCUT2D eigenvalue weighted by atomic mass is 19.3. The number of rotatable bonds is 5. The summed E-state index contributed by atoms with van der Waals surface area (Å²) in [6.45, 7) is 0.829. The van der Waals surface area contributed by atoms with Crippen molar-refractivity contribution in [3.63, 3.8) is 0 Å². The van der Waals surface area contributed by atoms with E-state index in [1.165, 1.54) is 0 Å². The van der Waals surface area contributed by atoms with E-state index in [1.807, 2.05) is 19.1 Å². The molecule has 0 aliphatic heterocycles. The fraction of sp³-hybridized carbons (Fsp3) is 0.455. The summed E-state index contributed by atoms with van der Waals surface area (Å²) in [7, 11) is 0. The van der Waals surface area contributed by atoms with Crippen LogP contribution in [0.1, 0.15) is 56.6 Å². The van der Waals surface area contributed by atoms with Crippen molar-refractivity contribution in [2.45, 2.75) is 58.5 Å². The van der Waals surface area contributed by atoms with E-state index in [1.54, 1.807) is 19.1 Å². The summed E-state index contributed by atoms with van der Waals surface area (Å²) in [5.41, 5.74) is 1.36. The first-order chi connectivity index (χ1) is 12.5. The van der Waals surface area contributed by atoms with Crippen molar-refractivity contribution in [3.8, 4) is 5.75 Å². The molecule has 0 spiro atoms. The highest BCUT2D eigenvalue weighted by Crippen LogP contribution is 2.39.